The average molecular weight is 275 g/mol. The predicted molar refractivity (Wildman–Crippen MR) is 76.5 cm³/mol. The van der Waals surface area contributed by atoms with Crippen LogP contribution in [0, 0.1) is 5.92 Å². The van der Waals surface area contributed by atoms with Gasteiger partial charge in [-0.1, -0.05) is 30.3 Å². The van der Waals surface area contributed by atoms with E-state index in [-0.39, 0.29) is 23.8 Å². The fourth-order valence-corrected chi connectivity index (χ4v) is 2.62. The minimum absolute atomic E-state index is 0.0500. The second kappa shape index (κ2) is 6.52. The van der Waals surface area contributed by atoms with Gasteiger partial charge in [-0.25, -0.2) is 0 Å². The molecular formula is C15H21N3O2. The molecule has 5 nitrogen and oxygen atoms in total. The summed E-state index contributed by atoms with van der Waals surface area (Å²) in [4.78, 5) is 23.2. The van der Waals surface area contributed by atoms with Crippen molar-refractivity contribution in [3.05, 3.63) is 35.9 Å². The number of primary amides is 1. The summed E-state index contributed by atoms with van der Waals surface area (Å²) >= 11 is 0. The minimum Gasteiger partial charge on any atom is -0.369 e. The first kappa shape index (κ1) is 14.5. The molecule has 0 heterocycles. The molecule has 0 aromatic heterocycles. The Morgan fingerprint density at radius 2 is 1.70 bits per heavy atom. The van der Waals surface area contributed by atoms with Gasteiger partial charge in [-0.3, -0.25) is 9.59 Å². The third-order valence-corrected chi connectivity index (χ3v) is 3.92. The number of rotatable bonds is 4. The molecule has 2 rings (SSSR count). The highest BCUT2D eigenvalue weighted by Crippen LogP contribution is 2.24. The van der Waals surface area contributed by atoms with Crippen molar-refractivity contribution >= 4 is 11.8 Å². The molecule has 0 aliphatic heterocycles. The van der Waals surface area contributed by atoms with E-state index in [0.29, 0.717) is 0 Å². The van der Waals surface area contributed by atoms with Crippen LogP contribution < -0.4 is 16.8 Å². The molecule has 2 amide bonds. The summed E-state index contributed by atoms with van der Waals surface area (Å²) in [6.45, 7) is 0. The third-order valence-electron chi connectivity index (χ3n) is 3.92. The molecule has 1 aromatic rings. The summed E-state index contributed by atoms with van der Waals surface area (Å²) in [5.74, 6) is -0.458. The van der Waals surface area contributed by atoms with Gasteiger partial charge in [0.1, 0.15) is 6.04 Å². The number of hydrogen-bond acceptors (Lipinski definition) is 3. The Balaban J connectivity index is 1.85. The lowest BCUT2D eigenvalue weighted by atomic mass is 9.85. The number of benzene rings is 1. The van der Waals surface area contributed by atoms with Gasteiger partial charge in [-0.15, -0.1) is 0 Å². The van der Waals surface area contributed by atoms with Gasteiger partial charge >= 0.3 is 0 Å². The Morgan fingerprint density at radius 3 is 2.25 bits per heavy atom. The van der Waals surface area contributed by atoms with Crippen LogP contribution >= 0.6 is 0 Å². The fraction of sp³-hybridized carbons (Fsp3) is 0.467. The van der Waals surface area contributed by atoms with Gasteiger partial charge in [0.25, 0.3) is 0 Å². The van der Waals surface area contributed by atoms with E-state index in [1.165, 1.54) is 0 Å². The normalized spacial score (nSPS) is 23.9. The van der Waals surface area contributed by atoms with E-state index in [0.717, 1.165) is 31.2 Å². The Bertz CT molecular complexity index is 467. The summed E-state index contributed by atoms with van der Waals surface area (Å²) in [7, 11) is 0. The highest BCUT2D eigenvalue weighted by atomic mass is 16.2. The molecule has 108 valence electrons. The summed E-state index contributed by atoms with van der Waals surface area (Å²) in [6.07, 6.45) is 3.03. The van der Waals surface area contributed by atoms with E-state index in [9.17, 15) is 9.59 Å². The van der Waals surface area contributed by atoms with Crippen LogP contribution in [0.1, 0.15) is 37.3 Å². The second-order valence-corrected chi connectivity index (χ2v) is 5.35. The first-order valence-corrected chi connectivity index (χ1v) is 6.98. The molecule has 5 N–H and O–H groups in total. The van der Waals surface area contributed by atoms with E-state index < -0.39 is 6.04 Å². The third kappa shape index (κ3) is 3.57. The van der Waals surface area contributed by atoms with Crippen LogP contribution in [0.4, 0.5) is 0 Å². The zero-order valence-electron chi connectivity index (χ0n) is 11.4. The van der Waals surface area contributed by atoms with E-state index in [2.05, 4.69) is 5.32 Å². The average Bonchev–Trinajstić information content (AvgIpc) is 2.48. The van der Waals surface area contributed by atoms with Gasteiger partial charge in [0.05, 0.1) is 0 Å². The van der Waals surface area contributed by atoms with Crippen molar-refractivity contribution < 1.29 is 9.59 Å². The Labute approximate surface area is 118 Å². The summed E-state index contributed by atoms with van der Waals surface area (Å²) in [5, 5.41) is 2.96. The molecule has 1 fully saturated rings. The zero-order chi connectivity index (χ0) is 14.5. The first-order chi connectivity index (χ1) is 9.58. The molecule has 0 radical (unpaired) electrons. The van der Waals surface area contributed by atoms with Crippen LogP contribution in [0.3, 0.4) is 0 Å². The molecule has 0 spiro atoms. The number of carbonyl (C=O) groups excluding carboxylic acids is 2. The van der Waals surface area contributed by atoms with Crippen molar-refractivity contribution in [3.8, 4) is 0 Å². The zero-order valence-corrected chi connectivity index (χ0v) is 11.4. The van der Waals surface area contributed by atoms with Crippen LogP contribution in [-0.2, 0) is 9.59 Å². The molecule has 5 heteroatoms. The molecule has 0 saturated heterocycles. The van der Waals surface area contributed by atoms with Crippen molar-refractivity contribution in [1.82, 2.24) is 5.32 Å². The van der Waals surface area contributed by atoms with Crippen molar-refractivity contribution in [2.75, 3.05) is 0 Å². The molecule has 1 aliphatic carbocycles. The van der Waals surface area contributed by atoms with Gasteiger partial charge in [-0.2, -0.15) is 0 Å². The maximum absolute atomic E-state index is 12.1. The van der Waals surface area contributed by atoms with E-state index in [1.54, 1.807) is 0 Å². The van der Waals surface area contributed by atoms with E-state index in [1.807, 2.05) is 30.3 Å². The van der Waals surface area contributed by atoms with Crippen LogP contribution in [0.2, 0.25) is 0 Å². The van der Waals surface area contributed by atoms with Crippen LogP contribution in [-0.4, -0.2) is 17.9 Å². The minimum atomic E-state index is -0.648. The fourth-order valence-electron chi connectivity index (χ4n) is 2.62. The van der Waals surface area contributed by atoms with Gasteiger partial charge < -0.3 is 16.8 Å². The van der Waals surface area contributed by atoms with Crippen molar-refractivity contribution in [2.45, 2.75) is 37.8 Å². The largest absolute Gasteiger partial charge is 0.369 e. The van der Waals surface area contributed by atoms with Gasteiger partial charge in [0, 0.05) is 12.0 Å². The molecule has 1 atom stereocenters. The molecule has 0 bridgehead atoms. The topological polar surface area (TPSA) is 98.2 Å². The van der Waals surface area contributed by atoms with Crippen molar-refractivity contribution in [1.29, 1.82) is 0 Å². The molecule has 1 aromatic carbocycles. The lowest BCUT2D eigenvalue weighted by molar-refractivity contribution is -0.124. The lowest BCUT2D eigenvalue weighted by Crippen LogP contribution is -2.43. The Kier molecular flexibility index (Phi) is 4.74. The molecule has 20 heavy (non-hydrogen) atoms. The predicted octanol–water partition coefficient (Wildman–Crippen LogP) is 0.847. The molecule has 1 saturated carbocycles. The molecule has 0 unspecified atom stereocenters. The first-order valence-electron chi connectivity index (χ1n) is 6.98. The Morgan fingerprint density at radius 1 is 1.10 bits per heavy atom. The highest BCUT2D eigenvalue weighted by Gasteiger charge is 2.27. The van der Waals surface area contributed by atoms with Gasteiger partial charge in [0.15, 0.2) is 0 Å². The van der Waals surface area contributed by atoms with Crippen LogP contribution in [0.15, 0.2) is 30.3 Å². The molecule has 1 aliphatic rings. The standard InChI is InChI=1S/C15H21N3O2/c16-13(10-4-2-1-3-5-10)15(20)18-12-8-6-11(7-9-12)14(17)19/h1-5,11-13H,6-9,16H2,(H2,17,19)(H,18,20)/t11?,12?,13-/m1/s1. The SMILES string of the molecule is NC(=O)C1CCC(NC(=O)[C@H](N)c2ccccc2)CC1. The monoisotopic (exact) mass is 275 g/mol. The highest BCUT2D eigenvalue weighted by molar-refractivity contribution is 5.83. The maximum atomic E-state index is 12.1. The van der Waals surface area contributed by atoms with E-state index >= 15 is 0 Å². The van der Waals surface area contributed by atoms with Gasteiger partial charge in [0.2, 0.25) is 11.8 Å². The van der Waals surface area contributed by atoms with Crippen LogP contribution in [0.5, 0.6) is 0 Å². The maximum Gasteiger partial charge on any atom is 0.241 e. The summed E-state index contributed by atoms with van der Waals surface area (Å²) in [6, 6.07) is 8.74. The summed E-state index contributed by atoms with van der Waals surface area (Å²) in [5.41, 5.74) is 12.0. The van der Waals surface area contributed by atoms with Crippen molar-refractivity contribution in [3.63, 3.8) is 0 Å². The smallest absolute Gasteiger partial charge is 0.241 e. The number of nitrogens with two attached hydrogens (primary N) is 2. The lowest BCUT2D eigenvalue weighted by Gasteiger charge is -2.28. The second-order valence-electron chi connectivity index (χ2n) is 5.35. The van der Waals surface area contributed by atoms with Gasteiger partial charge in [-0.05, 0) is 31.2 Å². The number of amides is 2. The quantitative estimate of drug-likeness (QED) is 0.759. The number of carbonyl (C=O) groups is 2. The molecular weight excluding hydrogens is 254 g/mol. The number of hydrogen-bond donors (Lipinski definition) is 3. The van der Waals surface area contributed by atoms with Crippen molar-refractivity contribution in [2.24, 2.45) is 17.4 Å². The van der Waals surface area contributed by atoms with E-state index in [4.69, 9.17) is 11.5 Å². The van der Waals surface area contributed by atoms with Crippen LogP contribution in [0.25, 0.3) is 0 Å². The summed E-state index contributed by atoms with van der Waals surface area (Å²) < 4.78 is 0. The Hall–Kier alpha value is -1.88. The number of nitrogens with one attached hydrogen (secondary N) is 1.